The van der Waals surface area contributed by atoms with E-state index in [0.29, 0.717) is 11.9 Å². The normalized spacial score (nSPS) is 21.8. The molecule has 1 aromatic rings. The van der Waals surface area contributed by atoms with Gasteiger partial charge in [-0.05, 0) is 40.2 Å². The fourth-order valence-corrected chi connectivity index (χ4v) is 2.20. The van der Waals surface area contributed by atoms with E-state index in [1.807, 2.05) is 6.92 Å². The smallest absolute Gasteiger partial charge is 0.235 e. The molecule has 4 nitrogen and oxygen atoms in total. The van der Waals surface area contributed by atoms with Crippen LogP contribution in [0, 0.1) is 6.92 Å². The SMILES string of the molecule is Cc1nccnc1OC1CCCN(C(C)C)C1. The van der Waals surface area contributed by atoms with Gasteiger partial charge in [-0.1, -0.05) is 0 Å². The van der Waals surface area contributed by atoms with E-state index in [2.05, 4.69) is 28.7 Å². The van der Waals surface area contributed by atoms with Gasteiger partial charge in [0.15, 0.2) is 0 Å². The molecule has 0 spiro atoms. The number of hydrogen-bond acceptors (Lipinski definition) is 4. The molecule has 1 unspecified atom stereocenters. The maximum Gasteiger partial charge on any atom is 0.235 e. The number of hydrogen-bond donors (Lipinski definition) is 0. The minimum atomic E-state index is 0.251. The van der Waals surface area contributed by atoms with Gasteiger partial charge in [0.2, 0.25) is 5.88 Å². The molecule has 0 bridgehead atoms. The highest BCUT2D eigenvalue weighted by molar-refractivity contribution is 5.15. The Bertz CT molecular complexity index is 367. The number of likely N-dealkylation sites (tertiary alicyclic amines) is 1. The van der Waals surface area contributed by atoms with Gasteiger partial charge in [-0.2, -0.15) is 0 Å². The van der Waals surface area contributed by atoms with Crippen LogP contribution in [0.5, 0.6) is 5.88 Å². The molecule has 2 rings (SSSR count). The van der Waals surface area contributed by atoms with E-state index in [0.717, 1.165) is 18.7 Å². The van der Waals surface area contributed by atoms with Gasteiger partial charge in [0, 0.05) is 25.0 Å². The van der Waals surface area contributed by atoms with E-state index in [4.69, 9.17) is 4.74 Å². The van der Waals surface area contributed by atoms with Crippen LogP contribution in [0.25, 0.3) is 0 Å². The number of aryl methyl sites for hydroxylation is 1. The maximum absolute atomic E-state index is 5.95. The van der Waals surface area contributed by atoms with E-state index in [-0.39, 0.29) is 6.10 Å². The van der Waals surface area contributed by atoms with Crippen molar-refractivity contribution in [3.05, 3.63) is 18.1 Å². The Kier molecular flexibility index (Phi) is 3.94. The molecule has 0 radical (unpaired) electrons. The molecular weight excluding hydrogens is 214 g/mol. The highest BCUT2D eigenvalue weighted by atomic mass is 16.5. The van der Waals surface area contributed by atoms with Crippen LogP contribution in [0.2, 0.25) is 0 Å². The van der Waals surface area contributed by atoms with Gasteiger partial charge in [-0.25, -0.2) is 4.98 Å². The first-order valence-corrected chi connectivity index (χ1v) is 6.35. The summed E-state index contributed by atoms with van der Waals surface area (Å²) in [5.41, 5.74) is 0.870. The monoisotopic (exact) mass is 235 g/mol. The molecule has 0 saturated carbocycles. The molecule has 1 atom stereocenters. The van der Waals surface area contributed by atoms with Crippen molar-refractivity contribution in [2.24, 2.45) is 0 Å². The lowest BCUT2D eigenvalue weighted by molar-refractivity contribution is 0.0669. The van der Waals surface area contributed by atoms with Crippen molar-refractivity contribution >= 4 is 0 Å². The minimum Gasteiger partial charge on any atom is -0.472 e. The van der Waals surface area contributed by atoms with Gasteiger partial charge in [-0.3, -0.25) is 9.88 Å². The third-order valence-corrected chi connectivity index (χ3v) is 3.25. The molecule has 17 heavy (non-hydrogen) atoms. The molecular formula is C13H21N3O. The van der Waals surface area contributed by atoms with Gasteiger partial charge in [0.05, 0.1) is 5.69 Å². The zero-order chi connectivity index (χ0) is 12.3. The third-order valence-electron chi connectivity index (χ3n) is 3.25. The predicted octanol–water partition coefficient (Wildman–Crippen LogP) is 2.04. The van der Waals surface area contributed by atoms with E-state index in [9.17, 15) is 0 Å². The number of nitrogens with zero attached hydrogens (tertiary/aromatic N) is 3. The summed E-state index contributed by atoms with van der Waals surface area (Å²) < 4.78 is 5.95. The Morgan fingerprint density at radius 2 is 2.12 bits per heavy atom. The van der Waals surface area contributed by atoms with Crippen LogP contribution < -0.4 is 4.74 Å². The molecule has 0 N–H and O–H groups in total. The fraction of sp³-hybridized carbons (Fsp3) is 0.692. The molecule has 94 valence electrons. The Labute approximate surface area is 103 Å². The van der Waals surface area contributed by atoms with Gasteiger partial charge < -0.3 is 4.74 Å². The molecule has 1 aliphatic rings. The van der Waals surface area contributed by atoms with Crippen molar-refractivity contribution in [2.45, 2.75) is 45.8 Å². The molecule has 1 aliphatic heterocycles. The summed E-state index contributed by atoms with van der Waals surface area (Å²) in [7, 11) is 0. The maximum atomic E-state index is 5.95. The Balaban J connectivity index is 1.97. The van der Waals surface area contributed by atoms with Crippen LogP contribution in [0.3, 0.4) is 0 Å². The lowest BCUT2D eigenvalue weighted by Crippen LogP contribution is -2.44. The standard InChI is InChI=1S/C13H21N3O/c1-10(2)16-8-4-5-12(9-16)17-13-11(3)14-6-7-15-13/h6-7,10,12H,4-5,8-9H2,1-3H3. The van der Waals surface area contributed by atoms with E-state index >= 15 is 0 Å². The van der Waals surface area contributed by atoms with Crippen LogP contribution in [-0.2, 0) is 0 Å². The predicted molar refractivity (Wildman–Crippen MR) is 67.1 cm³/mol. The summed E-state index contributed by atoms with van der Waals surface area (Å²) >= 11 is 0. The summed E-state index contributed by atoms with van der Waals surface area (Å²) in [5, 5.41) is 0. The summed E-state index contributed by atoms with van der Waals surface area (Å²) in [6.07, 6.45) is 5.94. The second kappa shape index (κ2) is 5.45. The van der Waals surface area contributed by atoms with Crippen LogP contribution in [0.15, 0.2) is 12.4 Å². The number of rotatable bonds is 3. The van der Waals surface area contributed by atoms with Crippen LogP contribution >= 0.6 is 0 Å². The minimum absolute atomic E-state index is 0.251. The summed E-state index contributed by atoms with van der Waals surface area (Å²) in [4.78, 5) is 10.9. The van der Waals surface area contributed by atoms with Crippen LogP contribution in [0.4, 0.5) is 0 Å². The second-order valence-electron chi connectivity index (χ2n) is 4.92. The fourth-order valence-electron chi connectivity index (χ4n) is 2.20. The average molecular weight is 235 g/mol. The van der Waals surface area contributed by atoms with Gasteiger partial charge in [-0.15, -0.1) is 0 Å². The second-order valence-corrected chi connectivity index (χ2v) is 4.92. The van der Waals surface area contributed by atoms with Crippen molar-refractivity contribution in [1.82, 2.24) is 14.9 Å². The average Bonchev–Trinajstić information content (AvgIpc) is 2.32. The van der Waals surface area contributed by atoms with Crippen molar-refractivity contribution in [1.29, 1.82) is 0 Å². The molecule has 2 heterocycles. The molecule has 4 heteroatoms. The van der Waals surface area contributed by atoms with Gasteiger partial charge in [0.25, 0.3) is 0 Å². The lowest BCUT2D eigenvalue weighted by atomic mass is 10.1. The first-order chi connectivity index (χ1) is 8.16. The Morgan fingerprint density at radius 3 is 2.82 bits per heavy atom. The summed E-state index contributed by atoms with van der Waals surface area (Å²) in [5.74, 6) is 0.683. The summed E-state index contributed by atoms with van der Waals surface area (Å²) in [6.45, 7) is 8.57. The van der Waals surface area contributed by atoms with Crippen molar-refractivity contribution in [3.8, 4) is 5.88 Å². The van der Waals surface area contributed by atoms with Crippen LogP contribution in [0.1, 0.15) is 32.4 Å². The molecule has 1 fully saturated rings. The topological polar surface area (TPSA) is 38.3 Å². The molecule has 0 aliphatic carbocycles. The zero-order valence-electron chi connectivity index (χ0n) is 10.9. The quantitative estimate of drug-likeness (QED) is 0.803. The molecule has 1 saturated heterocycles. The lowest BCUT2D eigenvalue weighted by Gasteiger charge is -2.35. The molecule has 1 aromatic heterocycles. The number of piperidine rings is 1. The first kappa shape index (κ1) is 12.3. The van der Waals surface area contributed by atoms with Gasteiger partial charge in [0.1, 0.15) is 6.10 Å². The van der Waals surface area contributed by atoms with Crippen molar-refractivity contribution < 1.29 is 4.74 Å². The van der Waals surface area contributed by atoms with Crippen molar-refractivity contribution in [3.63, 3.8) is 0 Å². The van der Waals surface area contributed by atoms with E-state index in [1.54, 1.807) is 12.4 Å². The third kappa shape index (κ3) is 3.16. The number of ether oxygens (including phenoxy) is 1. The summed E-state index contributed by atoms with van der Waals surface area (Å²) in [6, 6.07) is 0.587. The molecule has 0 amide bonds. The number of aromatic nitrogens is 2. The van der Waals surface area contributed by atoms with Gasteiger partial charge >= 0.3 is 0 Å². The largest absolute Gasteiger partial charge is 0.472 e. The highest BCUT2D eigenvalue weighted by Crippen LogP contribution is 2.19. The first-order valence-electron chi connectivity index (χ1n) is 6.35. The molecule has 0 aromatic carbocycles. The van der Waals surface area contributed by atoms with Crippen molar-refractivity contribution in [2.75, 3.05) is 13.1 Å². The van der Waals surface area contributed by atoms with E-state index in [1.165, 1.54) is 13.0 Å². The van der Waals surface area contributed by atoms with E-state index < -0.39 is 0 Å². The zero-order valence-corrected chi connectivity index (χ0v) is 10.9. The Morgan fingerprint density at radius 1 is 1.35 bits per heavy atom. The van der Waals surface area contributed by atoms with Crippen LogP contribution in [-0.4, -0.2) is 40.1 Å². The Hall–Kier alpha value is -1.16. The highest BCUT2D eigenvalue weighted by Gasteiger charge is 2.23.